The minimum absolute atomic E-state index is 0.768. The molecule has 2 N–H and O–H groups in total. The molecule has 0 saturated carbocycles. The van der Waals surface area contributed by atoms with Gasteiger partial charge in [0.15, 0.2) is 0 Å². The molecule has 0 aliphatic carbocycles. The van der Waals surface area contributed by atoms with Gasteiger partial charge >= 0.3 is 0 Å². The van der Waals surface area contributed by atoms with Crippen molar-refractivity contribution >= 4 is 16.6 Å². The molecule has 0 aliphatic heterocycles. The van der Waals surface area contributed by atoms with Crippen LogP contribution in [-0.4, -0.2) is 20.0 Å². The second-order valence-electron chi connectivity index (χ2n) is 4.37. The minimum Gasteiger partial charge on any atom is -0.380 e. The van der Waals surface area contributed by atoms with Crippen LogP contribution in [0.25, 0.3) is 10.9 Å². The molecule has 0 spiro atoms. The van der Waals surface area contributed by atoms with Gasteiger partial charge in [0.2, 0.25) is 0 Å². The molecule has 0 radical (unpaired) electrons. The van der Waals surface area contributed by atoms with Crippen molar-refractivity contribution in [1.82, 2.24) is 20.0 Å². The van der Waals surface area contributed by atoms with Gasteiger partial charge in [0.05, 0.1) is 17.9 Å². The maximum atomic E-state index is 4.24. The normalized spacial score (nSPS) is 11.0. The highest BCUT2D eigenvalue weighted by Crippen LogP contribution is 2.21. The van der Waals surface area contributed by atoms with Crippen LogP contribution in [0.3, 0.4) is 0 Å². The maximum Gasteiger partial charge on any atom is 0.0671 e. The number of fused-ring (bicyclic) bond motifs is 1. The summed E-state index contributed by atoms with van der Waals surface area (Å²) in [6.07, 6.45) is 3.74. The SMILES string of the molecule is Cc1c(CNc2cccc3[nH]ncc23)cnn1C. The van der Waals surface area contributed by atoms with Gasteiger partial charge in [0.1, 0.15) is 0 Å². The van der Waals surface area contributed by atoms with Crippen molar-refractivity contribution in [1.29, 1.82) is 0 Å². The summed E-state index contributed by atoms with van der Waals surface area (Å²) in [5.74, 6) is 0. The average molecular weight is 241 g/mol. The fourth-order valence-electron chi connectivity index (χ4n) is 2.03. The monoisotopic (exact) mass is 241 g/mol. The molecule has 3 rings (SSSR count). The lowest BCUT2D eigenvalue weighted by Gasteiger charge is -2.07. The standard InChI is InChI=1S/C13H15N5/c1-9-10(7-16-18(9)2)6-14-12-4-3-5-13-11(12)8-15-17-13/h3-5,7-8,14H,6H2,1-2H3,(H,15,17). The Morgan fingerprint density at radius 1 is 1.33 bits per heavy atom. The van der Waals surface area contributed by atoms with E-state index in [1.165, 1.54) is 11.3 Å². The number of hydrogen-bond acceptors (Lipinski definition) is 3. The molecule has 0 atom stereocenters. The van der Waals surface area contributed by atoms with Crippen molar-refractivity contribution in [3.8, 4) is 0 Å². The van der Waals surface area contributed by atoms with E-state index in [0.717, 1.165) is 23.1 Å². The largest absolute Gasteiger partial charge is 0.380 e. The van der Waals surface area contributed by atoms with Crippen LogP contribution in [0.1, 0.15) is 11.3 Å². The van der Waals surface area contributed by atoms with E-state index in [0.29, 0.717) is 0 Å². The smallest absolute Gasteiger partial charge is 0.0671 e. The number of nitrogens with zero attached hydrogens (tertiary/aromatic N) is 3. The number of hydrogen-bond donors (Lipinski definition) is 2. The molecule has 0 bridgehead atoms. The molecule has 92 valence electrons. The quantitative estimate of drug-likeness (QED) is 0.739. The lowest BCUT2D eigenvalue weighted by molar-refractivity contribution is 0.738. The van der Waals surface area contributed by atoms with Crippen LogP contribution in [0.2, 0.25) is 0 Å². The van der Waals surface area contributed by atoms with E-state index in [2.05, 4.69) is 33.6 Å². The highest BCUT2D eigenvalue weighted by molar-refractivity contribution is 5.90. The van der Waals surface area contributed by atoms with Gasteiger partial charge in [-0.05, 0) is 19.1 Å². The van der Waals surface area contributed by atoms with Crippen molar-refractivity contribution in [2.45, 2.75) is 13.5 Å². The Balaban J connectivity index is 1.85. The first-order valence-electron chi connectivity index (χ1n) is 5.89. The summed E-state index contributed by atoms with van der Waals surface area (Å²) in [6, 6.07) is 6.09. The van der Waals surface area contributed by atoms with Crippen LogP contribution < -0.4 is 5.32 Å². The van der Waals surface area contributed by atoms with E-state index in [-0.39, 0.29) is 0 Å². The van der Waals surface area contributed by atoms with Gasteiger partial charge in [-0.2, -0.15) is 10.2 Å². The van der Waals surface area contributed by atoms with Crippen LogP contribution in [0, 0.1) is 6.92 Å². The molecule has 2 aromatic heterocycles. The maximum absolute atomic E-state index is 4.24. The first kappa shape index (κ1) is 10.8. The number of H-pyrrole nitrogens is 1. The Labute approximate surface area is 105 Å². The molecule has 3 aromatic rings. The predicted molar refractivity (Wildman–Crippen MR) is 71.4 cm³/mol. The summed E-state index contributed by atoms with van der Waals surface area (Å²) >= 11 is 0. The number of nitrogens with one attached hydrogen (secondary N) is 2. The van der Waals surface area contributed by atoms with Crippen LogP contribution in [0.15, 0.2) is 30.6 Å². The third-order valence-corrected chi connectivity index (χ3v) is 3.29. The molecule has 5 heteroatoms. The van der Waals surface area contributed by atoms with Gasteiger partial charge in [-0.15, -0.1) is 0 Å². The average Bonchev–Trinajstić information content (AvgIpc) is 2.97. The Morgan fingerprint density at radius 2 is 2.22 bits per heavy atom. The topological polar surface area (TPSA) is 58.5 Å². The molecule has 5 nitrogen and oxygen atoms in total. The third-order valence-electron chi connectivity index (χ3n) is 3.29. The lowest BCUT2D eigenvalue weighted by Crippen LogP contribution is -2.01. The van der Waals surface area contributed by atoms with Crippen molar-refractivity contribution in [3.05, 3.63) is 41.9 Å². The molecule has 0 aliphatic rings. The molecule has 0 unspecified atom stereocenters. The lowest BCUT2D eigenvalue weighted by atomic mass is 10.2. The molecule has 0 saturated heterocycles. The number of benzene rings is 1. The number of aromatic nitrogens is 4. The van der Waals surface area contributed by atoms with Crippen LogP contribution >= 0.6 is 0 Å². The van der Waals surface area contributed by atoms with Gasteiger partial charge < -0.3 is 5.32 Å². The van der Waals surface area contributed by atoms with Gasteiger partial charge in [-0.1, -0.05) is 6.07 Å². The summed E-state index contributed by atoms with van der Waals surface area (Å²) in [5, 5.41) is 15.8. The molecule has 18 heavy (non-hydrogen) atoms. The highest BCUT2D eigenvalue weighted by atomic mass is 15.3. The van der Waals surface area contributed by atoms with Crippen molar-refractivity contribution in [2.24, 2.45) is 7.05 Å². The summed E-state index contributed by atoms with van der Waals surface area (Å²) in [4.78, 5) is 0. The van der Waals surface area contributed by atoms with Crippen molar-refractivity contribution in [3.63, 3.8) is 0 Å². The van der Waals surface area contributed by atoms with Crippen molar-refractivity contribution in [2.75, 3.05) is 5.32 Å². The van der Waals surface area contributed by atoms with E-state index in [4.69, 9.17) is 0 Å². The molecule has 0 amide bonds. The number of anilines is 1. The van der Waals surface area contributed by atoms with E-state index < -0.39 is 0 Å². The Bertz CT molecular complexity index is 680. The second kappa shape index (κ2) is 4.18. The van der Waals surface area contributed by atoms with E-state index in [9.17, 15) is 0 Å². The molecular formula is C13H15N5. The first-order chi connectivity index (χ1) is 8.75. The van der Waals surface area contributed by atoms with E-state index in [1.54, 1.807) is 0 Å². The molecular weight excluding hydrogens is 226 g/mol. The zero-order valence-corrected chi connectivity index (χ0v) is 10.4. The summed E-state index contributed by atoms with van der Waals surface area (Å²) in [7, 11) is 1.95. The molecule has 2 heterocycles. The van der Waals surface area contributed by atoms with E-state index >= 15 is 0 Å². The Kier molecular flexibility index (Phi) is 2.51. The molecule has 1 aromatic carbocycles. The van der Waals surface area contributed by atoms with Crippen LogP contribution in [-0.2, 0) is 13.6 Å². The summed E-state index contributed by atoms with van der Waals surface area (Å²) < 4.78 is 1.88. The minimum atomic E-state index is 0.768. The van der Waals surface area contributed by atoms with Gasteiger partial charge in [0.25, 0.3) is 0 Å². The Morgan fingerprint density at radius 3 is 3.00 bits per heavy atom. The summed E-state index contributed by atoms with van der Waals surface area (Å²) in [6.45, 7) is 2.84. The van der Waals surface area contributed by atoms with Crippen LogP contribution in [0.4, 0.5) is 5.69 Å². The fraction of sp³-hybridized carbons (Fsp3) is 0.231. The second-order valence-corrected chi connectivity index (χ2v) is 4.37. The first-order valence-corrected chi connectivity index (χ1v) is 5.89. The van der Waals surface area contributed by atoms with E-state index in [1.807, 2.05) is 36.3 Å². The van der Waals surface area contributed by atoms with Gasteiger partial charge in [0, 0.05) is 35.9 Å². The zero-order chi connectivity index (χ0) is 12.5. The van der Waals surface area contributed by atoms with Gasteiger partial charge in [-0.25, -0.2) is 0 Å². The predicted octanol–water partition coefficient (Wildman–Crippen LogP) is 2.22. The molecule has 0 fully saturated rings. The fourth-order valence-corrected chi connectivity index (χ4v) is 2.03. The van der Waals surface area contributed by atoms with Crippen LogP contribution in [0.5, 0.6) is 0 Å². The third kappa shape index (κ3) is 1.73. The zero-order valence-electron chi connectivity index (χ0n) is 10.4. The number of aryl methyl sites for hydroxylation is 1. The van der Waals surface area contributed by atoms with Crippen molar-refractivity contribution < 1.29 is 0 Å². The Hall–Kier alpha value is -2.30. The summed E-state index contributed by atoms with van der Waals surface area (Å²) in [5.41, 5.74) is 4.52. The van der Waals surface area contributed by atoms with Gasteiger partial charge in [-0.3, -0.25) is 9.78 Å². The number of aromatic amines is 1. The highest BCUT2D eigenvalue weighted by Gasteiger charge is 2.05. The number of rotatable bonds is 3.